The van der Waals surface area contributed by atoms with Gasteiger partial charge >= 0.3 is 11.9 Å². The Labute approximate surface area is 89.1 Å². The van der Waals surface area contributed by atoms with E-state index in [0.717, 1.165) is 12.1 Å². The van der Waals surface area contributed by atoms with Crippen molar-refractivity contribution in [3.8, 4) is 0 Å². The van der Waals surface area contributed by atoms with Crippen molar-refractivity contribution in [1.29, 1.82) is 0 Å². The van der Waals surface area contributed by atoms with Crippen LogP contribution in [0, 0.1) is 0 Å². The molecule has 6 nitrogen and oxygen atoms in total. The van der Waals surface area contributed by atoms with Crippen LogP contribution in [0.2, 0.25) is 0 Å². The summed E-state index contributed by atoms with van der Waals surface area (Å²) in [4.78, 5) is 42.9. The molecule has 0 heterocycles. The number of carboxylic acid groups (broad SMARTS) is 2. The van der Waals surface area contributed by atoms with E-state index in [-0.39, 0.29) is 6.29 Å². The van der Waals surface area contributed by atoms with Crippen molar-refractivity contribution >= 4 is 24.0 Å². The summed E-state index contributed by atoms with van der Waals surface area (Å²) in [5.74, 6) is -4.11. The average molecular weight is 222 g/mol. The van der Waals surface area contributed by atoms with Crippen molar-refractivity contribution in [2.75, 3.05) is 0 Å². The molecule has 2 N–H and O–H groups in total. The molecule has 1 rings (SSSR count). The van der Waals surface area contributed by atoms with Gasteiger partial charge in [0.1, 0.15) is 0 Å². The van der Waals surface area contributed by atoms with E-state index in [1.165, 1.54) is 6.07 Å². The highest BCUT2D eigenvalue weighted by atomic mass is 16.4. The molecule has 0 spiro atoms. The summed E-state index contributed by atoms with van der Waals surface area (Å²) in [5, 5.41) is 17.5. The predicted octanol–water partition coefficient (Wildman–Crippen LogP) is 0.465. The molecule has 16 heavy (non-hydrogen) atoms. The maximum absolute atomic E-state index is 11.1. The summed E-state index contributed by atoms with van der Waals surface area (Å²) in [6, 6.07) is 3.34. The Balaban J connectivity index is 3.56. The van der Waals surface area contributed by atoms with Crippen LogP contribution in [0.4, 0.5) is 0 Å². The molecule has 0 amide bonds. The van der Waals surface area contributed by atoms with Crippen LogP contribution in [-0.2, 0) is 4.79 Å². The monoisotopic (exact) mass is 222 g/mol. The van der Waals surface area contributed by atoms with E-state index in [4.69, 9.17) is 10.2 Å². The molecule has 1 aromatic carbocycles. The minimum Gasteiger partial charge on any atom is -0.478 e. The van der Waals surface area contributed by atoms with E-state index < -0.39 is 34.4 Å². The number of hydrogen-bond donors (Lipinski definition) is 2. The number of benzene rings is 1. The van der Waals surface area contributed by atoms with Gasteiger partial charge in [0.15, 0.2) is 6.29 Å². The summed E-state index contributed by atoms with van der Waals surface area (Å²) < 4.78 is 0. The van der Waals surface area contributed by atoms with E-state index in [1.54, 1.807) is 0 Å². The third-order valence-electron chi connectivity index (χ3n) is 1.88. The molecule has 0 radical (unpaired) electrons. The van der Waals surface area contributed by atoms with Gasteiger partial charge in [0, 0.05) is 5.56 Å². The predicted molar refractivity (Wildman–Crippen MR) is 50.8 cm³/mol. The Morgan fingerprint density at radius 2 is 1.56 bits per heavy atom. The van der Waals surface area contributed by atoms with Gasteiger partial charge in [-0.25, -0.2) is 9.59 Å². The molecule has 0 aliphatic carbocycles. The second kappa shape index (κ2) is 4.35. The van der Waals surface area contributed by atoms with Gasteiger partial charge in [-0.05, 0) is 6.07 Å². The lowest BCUT2D eigenvalue weighted by atomic mass is 9.98. The molecule has 0 saturated heterocycles. The van der Waals surface area contributed by atoms with Crippen molar-refractivity contribution < 1.29 is 29.4 Å². The lowest BCUT2D eigenvalue weighted by Gasteiger charge is -2.04. The quantitative estimate of drug-likeness (QED) is 0.435. The van der Waals surface area contributed by atoms with Crippen molar-refractivity contribution in [1.82, 2.24) is 0 Å². The van der Waals surface area contributed by atoms with Gasteiger partial charge in [-0.2, -0.15) is 0 Å². The molecule has 0 fully saturated rings. The van der Waals surface area contributed by atoms with Crippen LogP contribution in [0.25, 0.3) is 0 Å². The Hall–Kier alpha value is -2.50. The van der Waals surface area contributed by atoms with Crippen molar-refractivity contribution in [2.24, 2.45) is 0 Å². The molecule has 6 heteroatoms. The molecule has 0 bridgehead atoms. The zero-order valence-electron chi connectivity index (χ0n) is 7.84. The van der Waals surface area contributed by atoms with Crippen LogP contribution in [0.5, 0.6) is 0 Å². The zero-order chi connectivity index (χ0) is 12.3. The molecule has 0 atom stereocenters. The molecule has 1 aromatic rings. The molecule has 82 valence electrons. The van der Waals surface area contributed by atoms with Crippen molar-refractivity contribution in [3.05, 3.63) is 34.9 Å². The standard InChI is InChI=1S/C10H6O6/c11-4-7(12)5-2-1-3-6(9(13)14)8(5)10(15)16/h1-4H,(H,13,14)(H,15,16). The molecule has 0 unspecified atom stereocenters. The third kappa shape index (κ3) is 1.95. The number of Topliss-reactive ketones (excluding diaryl/α,β-unsaturated/α-hetero) is 1. The van der Waals surface area contributed by atoms with Gasteiger partial charge in [-0.15, -0.1) is 0 Å². The van der Waals surface area contributed by atoms with E-state index in [9.17, 15) is 19.2 Å². The zero-order valence-corrected chi connectivity index (χ0v) is 7.84. The smallest absolute Gasteiger partial charge is 0.337 e. The Morgan fingerprint density at radius 3 is 2.00 bits per heavy atom. The highest BCUT2D eigenvalue weighted by molar-refractivity contribution is 6.35. The van der Waals surface area contributed by atoms with Gasteiger partial charge < -0.3 is 10.2 Å². The number of rotatable bonds is 4. The summed E-state index contributed by atoms with van der Waals surface area (Å²) >= 11 is 0. The van der Waals surface area contributed by atoms with E-state index in [2.05, 4.69) is 0 Å². The summed E-state index contributed by atoms with van der Waals surface area (Å²) in [5.41, 5.74) is -1.63. The van der Waals surface area contributed by atoms with Crippen LogP contribution in [-0.4, -0.2) is 34.2 Å². The Morgan fingerprint density at radius 1 is 1.00 bits per heavy atom. The number of carboxylic acids is 2. The highest BCUT2D eigenvalue weighted by Crippen LogP contribution is 2.15. The van der Waals surface area contributed by atoms with Gasteiger partial charge in [0.05, 0.1) is 11.1 Å². The Bertz CT molecular complexity index is 488. The number of hydrogen-bond acceptors (Lipinski definition) is 4. The first kappa shape index (κ1) is 11.6. The lowest BCUT2D eigenvalue weighted by molar-refractivity contribution is -0.104. The number of aromatic carboxylic acids is 2. The van der Waals surface area contributed by atoms with Gasteiger partial charge in [0.25, 0.3) is 0 Å². The van der Waals surface area contributed by atoms with E-state index >= 15 is 0 Å². The summed E-state index contributed by atoms with van der Waals surface area (Å²) in [7, 11) is 0. The second-order valence-corrected chi connectivity index (χ2v) is 2.82. The highest BCUT2D eigenvalue weighted by Gasteiger charge is 2.22. The topological polar surface area (TPSA) is 109 Å². The minimum atomic E-state index is -1.57. The molecule has 0 aliphatic heterocycles. The number of ketones is 1. The molecule has 0 aromatic heterocycles. The van der Waals surface area contributed by atoms with Gasteiger partial charge in [-0.3, -0.25) is 9.59 Å². The second-order valence-electron chi connectivity index (χ2n) is 2.82. The van der Waals surface area contributed by atoms with Crippen LogP contribution in [0.3, 0.4) is 0 Å². The van der Waals surface area contributed by atoms with Crippen LogP contribution in [0.15, 0.2) is 18.2 Å². The molecular weight excluding hydrogens is 216 g/mol. The fourth-order valence-corrected chi connectivity index (χ4v) is 1.23. The molecule has 0 saturated carbocycles. The average Bonchev–Trinajstić information content (AvgIpc) is 2.26. The number of aldehydes is 1. The van der Waals surface area contributed by atoms with E-state index in [1.807, 2.05) is 0 Å². The first-order valence-corrected chi connectivity index (χ1v) is 4.08. The van der Waals surface area contributed by atoms with Crippen LogP contribution < -0.4 is 0 Å². The van der Waals surface area contributed by atoms with Gasteiger partial charge in [0.2, 0.25) is 5.78 Å². The Kier molecular flexibility index (Phi) is 3.14. The lowest BCUT2D eigenvalue weighted by Crippen LogP contribution is -2.15. The fourth-order valence-electron chi connectivity index (χ4n) is 1.23. The summed E-state index contributed by atoms with van der Waals surface area (Å²) in [6.07, 6.45) is -0.0621. The fraction of sp³-hybridized carbons (Fsp3) is 0. The van der Waals surface area contributed by atoms with Crippen LogP contribution >= 0.6 is 0 Å². The van der Waals surface area contributed by atoms with Crippen LogP contribution in [0.1, 0.15) is 31.1 Å². The summed E-state index contributed by atoms with van der Waals surface area (Å²) in [6.45, 7) is 0. The minimum absolute atomic E-state index is 0.0621. The largest absolute Gasteiger partial charge is 0.478 e. The maximum atomic E-state index is 11.1. The number of carbonyl (C=O) groups is 4. The molecular formula is C10H6O6. The third-order valence-corrected chi connectivity index (χ3v) is 1.88. The maximum Gasteiger partial charge on any atom is 0.337 e. The van der Waals surface area contributed by atoms with Crippen molar-refractivity contribution in [3.63, 3.8) is 0 Å². The first-order valence-electron chi connectivity index (χ1n) is 4.08. The van der Waals surface area contributed by atoms with Crippen molar-refractivity contribution in [2.45, 2.75) is 0 Å². The molecule has 0 aliphatic rings. The normalized spacial score (nSPS) is 9.50. The number of carbonyl (C=O) groups excluding carboxylic acids is 2. The van der Waals surface area contributed by atoms with Gasteiger partial charge in [-0.1, -0.05) is 12.1 Å². The first-order chi connectivity index (χ1) is 7.49. The van der Waals surface area contributed by atoms with E-state index in [0.29, 0.717) is 0 Å². The SMILES string of the molecule is O=CC(=O)c1cccc(C(=O)O)c1C(=O)O.